The van der Waals surface area contributed by atoms with Crippen LogP contribution in [-0.2, 0) is 12.8 Å². The predicted octanol–water partition coefficient (Wildman–Crippen LogP) is 0.589. The Morgan fingerprint density at radius 3 is 2.76 bits per heavy atom. The highest BCUT2D eigenvalue weighted by molar-refractivity contribution is 6.05. The molecular formula is C14H14N4O3. The van der Waals surface area contributed by atoms with E-state index in [0.29, 0.717) is 12.1 Å². The molecule has 7 heteroatoms. The Morgan fingerprint density at radius 1 is 1.19 bits per heavy atom. The summed E-state index contributed by atoms with van der Waals surface area (Å²) < 4.78 is 0. The van der Waals surface area contributed by atoms with Gasteiger partial charge in [0.25, 0.3) is 11.5 Å². The van der Waals surface area contributed by atoms with Crippen molar-refractivity contribution in [3.8, 4) is 0 Å². The van der Waals surface area contributed by atoms with Gasteiger partial charge in [-0.05, 0) is 37.3 Å². The van der Waals surface area contributed by atoms with Crippen molar-refractivity contribution in [1.29, 1.82) is 0 Å². The Bertz CT molecular complexity index is 786. The van der Waals surface area contributed by atoms with Gasteiger partial charge < -0.3 is 10.3 Å². The maximum absolute atomic E-state index is 12.3. The molecule has 2 heterocycles. The van der Waals surface area contributed by atoms with Gasteiger partial charge in [0, 0.05) is 12.3 Å². The molecule has 0 aliphatic heterocycles. The number of aromatic nitrogens is 3. The summed E-state index contributed by atoms with van der Waals surface area (Å²) in [4.78, 5) is 37.7. The molecule has 0 radical (unpaired) electrons. The van der Waals surface area contributed by atoms with Gasteiger partial charge in [-0.15, -0.1) is 0 Å². The summed E-state index contributed by atoms with van der Waals surface area (Å²) in [6.07, 6.45) is 4.79. The second-order valence-electron chi connectivity index (χ2n) is 4.96. The highest BCUT2D eigenvalue weighted by atomic mass is 16.2. The lowest BCUT2D eigenvalue weighted by molar-refractivity contribution is 0.102. The highest BCUT2D eigenvalue weighted by Crippen LogP contribution is 2.20. The monoisotopic (exact) mass is 286 g/mol. The first kappa shape index (κ1) is 13.3. The molecule has 3 rings (SSSR count). The zero-order valence-electron chi connectivity index (χ0n) is 11.2. The molecule has 0 aromatic carbocycles. The van der Waals surface area contributed by atoms with Crippen LogP contribution in [0.5, 0.6) is 0 Å². The van der Waals surface area contributed by atoms with E-state index >= 15 is 0 Å². The number of rotatable bonds is 2. The van der Waals surface area contributed by atoms with Gasteiger partial charge in [0.1, 0.15) is 5.56 Å². The number of aromatic amines is 2. The molecule has 1 aliphatic carbocycles. The van der Waals surface area contributed by atoms with Crippen LogP contribution in [0.15, 0.2) is 27.9 Å². The van der Waals surface area contributed by atoms with E-state index in [4.69, 9.17) is 0 Å². The first-order valence-corrected chi connectivity index (χ1v) is 6.75. The smallest absolute Gasteiger partial charge is 0.277 e. The summed E-state index contributed by atoms with van der Waals surface area (Å²) in [5.41, 5.74) is 1.32. The van der Waals surface area contributed by atoms with Crippen molar-refractivity contribution in [2.75, 3.05) is 5.32 Å². The molecule has 2 aromatic rings. The molecule has 0 unspecified atom stereocenters. The van der Waals surface area contributed by atoms with E-state index in [-0.39, 0.29) is 11.1 Å². The van der Waals surface area contributed by atoms with E-state index in [1.165, 1.54) is 18.3 Å². The number of aryl methyl sites for hydroxylation is 1. The summed E-state index contributed by atoms with van der Waals surface area (Å²) in [7, 11) is 0. The molecule has 3 N–H and O–H groups in total. The Hall–Kier alpha value is -2.70. The average molecular weight is 286 g/mol. The lowest BCUT2D eigenvalue weighted by atomic mass is 9.93. The summed E-state index contributed by atoms with van der Waals surface area (Å²) in [5, 5.41) is 9.01. The molecule has 0 spiro atoms. The van der Waals surface area contributed by atoms with Crippen molar-refractivity contribution in [1.82, 2.24) is 15.2 Å². The zero-order chi connectivity index (χ0) is 14.8. The molecule has 1 aliphatic rings. The number of carbonyl (C=O) groups is 1. The largest absolute Gasteiger partial charge is 0.327 e. The van der Waals surface area contributed by atoms with Crippen LogP contribution in [0.2, 0.25) is 0 Å². The second-order valence-corrected chi connectivity index (χ2v) is 4.96. The number of anilines is 1. The third kappa shape index (κ3) is 2.62. The van der Waals surface area contributed by atoms with E-state index in [0.717, 1.165) is 30.5 Å². The maximum atomic E-state index is 12.3. The van der Waals surface area contributed by atoms with Crippen LogP contribution in [-0.4, -0.2) is 21.1 Å². The van der Waals surface area contributed by atoms with Gasteiger partial charge in [-0.2, -0.15) is 5.10 Å². The van der Waals surface area contributed by atoms with Crippen molar-refractivity contribution >= 4 is 11.6 Å². The topological polar surface area (TPSA) is 108 Å². The van der Waals surface area contributed by atoms with Crippen molar-refractivity contribution in [3.63, 3.8) is 0 Å². The third-order valence-electron chi connectivity index (χ3n) is 3.53. The van der Waals surface area contributed by atoms with E-state index in [1.807, 2.05) is 0 Å². The fourth-order valence-electron chi connectivity index (χ4n) is 2.52. The number of carbonyl (C=O) groups excluding carboxylic acids is 1. The fraction of sp³-hybridized carbons (Fsp3) is 0.286. The number of amides is 1. The first-order valence-electron chi connectivity index (χ1n) is 6.75. The van der Waals surface area contributed by atoms with Crippen LogP contribution in [0, 0.1) is 0 Å². The van der Waals surface area contributed by atoms with Crippen LogP contribution in [0.3, 0.4) is 0 Å². The van der Waals surface area contributed by atoms with Gasteiger partial charge in [0.15, 0.2) is 0 Å². The highest BCUT2D eigenvalue weighted by Gasteiger charge is 2.22. The average Bonchev–Trinajstić information content (AvgIpc) is 2.49. The summed E-state index contributed by atoms with van der Waals surface area (Å²) in [6, 6.07) is 2.79. The minimum absolute atomic E-state index is 0.117. The minimum atomic E-state index is -0.488. The number of nitrogens with one attached hydrogen (secondary N) is 3. The van der Waals surface area contributed by atoms with Crippen LogP contribution < -0.4 is 16.4 Å². The normalized spacial score (nSPS) is 13.5. The van der Waals surface area contributed by atoms with Crippen LogP contribution in [0.1, 0.15) is 34.5 Å². The summed E-state index contributed by atoms with van der Waals surface area (Å²) >= 11 is 0. The fourth-order valence-corrected chi connectivity index (χ4v) is 2.52. The quantitative estimate of drug-likeness (QED) is 0.750. The predicted molar refractivity (Wildman–Crippen MR) is 76.5 cm³/mol. The van der Waals surface area contributed by atoms with Crippen LogP contribution in [0.4, 0.5) is 5.69 Å². The van der Waals surface area contributed by atoms with E-state index < -0.39 is 11.5 Å². The molecule has 0 bridgehead atoms. The lowest BCUT2D eigenvalue weighted by Gasteiger charge is -2.16. The molecule has 0 fully saturated rings. The number of fused-ring (bicyclic) bond motifs is 1. The van der Waals surface area contributed by atoms with Crippen molar-refractivity contribution in [3.05, 3.63) is 55.9 Å². The minimum Gasteiger partial charge on any atom is -0.327 e. The van der Waals surface area contributed by atoms with E-state index in [9.17, 15) is 14.4 Å². The van der Waals surface area contributed by atoms with Gasteiger partial charge in [-0.3, -0.25) is 14.4 Å². The van der Waals surface area contributed by atoms with E-state index in [1.54, 1.807) is 0 Å². The van der Waals surface area contributed by atoms with Crippen molar-refractivity contribution < 1.29 is 4.79 Å². The van der Waals surface area contributed by atoms with Gasteiger partial charge in [-0.25, -0.2) is 5.10 Å². The van der Waals surface area contributed by atoms with Gasteiger partial charge in [-0.1, -0.05) is 0 Å². The number of hydrogen-bond acceptors (Lipinski definition) is 4. The van der Waals surface area contributed by atoms with E-state index in [2.05, 4.69) is 20.5 Å². The van der Waals surface area contributed by atoms with Crippen LogP contribution in [0.25, 0.3) is 0 Å². The number of pyridine rings is 1. The summed E-state index contributed by atoms with van der Waals surface area (Å²) in [5.74, 6) is -0.483. The Labute approximate surface area is 119 Å². The third-order valence-corrected chi connectivity index (χ3v) is 3.53. The molecule has 2 aromatic heterocycles. The maximum Gasteiger partial charge on any atom is 0.277 e. The van der Waals surface area contributed by atoms with Crippen molar-refractivity contribution in [2.24, 2.45) is 0 Å². The second kappa shape index (κ2) is 5.35. The molecule has 0 saturated heterocycles. The van der Waals surface area contributed by atoms with Crippen molar-refractivity contribution in [2.45, 2.75) is 25.7 Å². The SMILES string of the molecule is O=C(Nc1ccc(=O)[nH]c1)c1c2c(n[nH]c1=O)CCCC2. The van der Waals surface area contributed by atoms with Gasteiger partial charge in [0.2, 0.25) is 5.56 Å². The summed E-state index contributed by atoms with van der Waals surface area (Å²) in [6.45, 7) is 0. The Kier molecular flexibility index (Phi) is 3.39. The molecule has 108 valence electrons. The molecular weight excluding hydrogens is 272 g/mol. The zero-order valence-corrected chi connectivity index (χ0v) is 11.2. The first-order chi connectivity index (χ1) is 10.1. The van der Waals surface area contributed by atoms with Gasteiger partial charge >= 0.3 is 0 Å². The molecule has 1 amide bonds. The molecule has 0 saturated carbocycles. The Morgan fingerprint density at radius 2 is 2.00 bits per heavy atom. The molecule has 7 nitrogen and oxygen atoms in total. The molecule has 0 atom stereocenters. The van der Waals surface area contributed by atoms with Crippen LogP contribution >= 0.6 is 0 Å². The molecule has 21 heavy (non-hydrogen) atoms. The lowest BCUT2D eigenvalue weighted by Crippen LogP contribution is -2.29. The standard InChI is InChI=1S/C14H14N4O3/c19-11-6-5-8(7-15-11)16-13(20)12-9-3-1-2-4-10(9)17-18-14(12)21/h5-7H,1-4H2,(H,15,19)(H,16,20)(H,18,21). The number of nitrogens with zero attached hydrogens (tertiary/aromatic N) is 1. The number of hydrogen-bond donors (Lipinski definition) is 3. The Balaban J connectivity index is 1.96. The number of H-pyrrole nitrogens is 2. The van der Waals surface area contributed by atoms with Gasteiger partial charge in [0.05, 0.1) is 11.4 Å².